The molecule has 90 valence electrons. The molecule has 1 fully saturated rings. The first-order chi connectivity index (χ1) is 7.85. The minimum Gasteiger partial charge on any atom is -0.396 e. The van der Waals surface area contributed by atoms with E-state index in [4.69, 9.17) is 0 Å². The van der Waals surface area contributed by atoms with Crippen LogP contribution in [-0.4, -0.2) is 27.5 Å². The maximum atomic E-state index is 9.24. The maximum Gasteiger partial charge on any atom is 0.0522 e. The molecule has 1 aromatic rings. The predicted molar refractivity (Wildman–Crippen MR) is 63.0 cm³/mol. The van der Waals surface area contributed by atoms with Gasteiger partial charge in [0.1, 0.15) is 0 Å². The highest BCUT2D eigenvalue weighted by Gasteiger charge is 2.25. The van der Waals surface area contributed by atoms with E-state index < -0.39 is 0 Å². The summed E-state index contributed by atoms with van der Waals surface area (Å²) in [5.41, 5.74) is 1.23. The maximum absolute atomic E-state index is 9.24. The van der Waals surface area contributed by atoms with Crippen LogP contribution in [0.5, 0.6) is 0 Å². The Bertz CT molecular complexity index is 324. The van der Waals surface area contributed by atoms with E-state index in [1.807, 2.05) is 10.9 Å². The standard InChI is InChI=1S/C12H21N3O/c1-2-15-11(6-7-14-15)8-13-12-5-3-4-10(12)9-16/h6-7,10,12-13,16H,2-5,8-9H2,1H3. The summed E-state index contributed by atoms with van der Waals surface area (Å²) in [5, 5.41) is 17.0. The Balaban J connectivity index is 1.87. The minimum absolute atomic E-state index is 0.310. The van der Waals surface area contributed by atoms with Gasteiger partial charge in [-0.05, 0) is 31.7 Å². The molecule has 0 radical (unpaired) electrons. The zero-order chi connectivity index (χ0) is 11.4. The third kappa shape index (κ3) is 2.44. The Kier molecular flexibility index (Phi) is 3.96. The van der Waals surface area contributed by atoms with Crippen molar-refractivity contribution < 1.29 is 5.11 Å². The third-order valence-corrected chi connectivity index (χ3v) is 3.54. The molecule has 2 rings (SSSR count). The summed E-state index contributed by atoms with van der Waals surface area (Å²) < 4.78 is 2.01. The fourth-order valence-corrected chi connectivity index (χ4v) is 2.55. The molecule has 4 nitrogen and oxygen atoms in total. The molecule has 2 N–H and O–H groups in total. The Labute approximate surface area is 96.7 Å². The molecule has 0 aromatic carbocycles. The van der Waals surface area contributed by atoms with Gasteiger partial charge in [-0.1, -0.05) is 6.42 Å². The van der Waals surface area contributed by atoms with Gasteiger partial charge in [0.25, 0.3) is 0 Å². The molecular weight excluding hydrogens is 202 g/mol. The summed E-state index contributed by atoms with van der Waals surface area (Å²) in [6.07, 6.45) is 5.42. The molecule has 0 aliphatic heterocycles. The summed E-state index contributed by atoms with van der Waals surface area (Å²) >= 11 is 0. The Morgan fingerprint density at radius 1 is 1.56 bits per heavy atom. The van der Waals surface area contributed by atoms with Crippen molar-refractivity contribution in [3.05, 3.63) is 18.0 Å². The lowest BCUT2D eigenvalue weighted by molar-refractivity contribution is 0.204. The van der Waals surface area contributed by atoms with Crippen molar-refractivity contribution in [2.24, 2.45) is 5.92 Å². The largest absolute Gasteiger partial charge is 0.396 e. The number of aliphatic hydroxyl groups is 1. The van der Waals surface area contributed by atoms with Crippen LogP contribution in [0.3, 0.4) is 0 Å². The zero-order valence-electron chi connectivity index (χ0n) is 9.89. The predicted octanol–water partition coefficient (Wildman–Crippen LogP) is 1.15. The molecule has 16 heavy (non-hydrogen) atoms. The molecule has 1 heterocycles. The van der Waals surface area contributed by atoms with Crippen molar-refractivity contribution in [2.75, 3.05) is 6.61 Å². The van der Waals surface area contributed by atoms with Crippen LogP contribution in [0.25, 0.3) is 0 Å². The second kappa shape index (κ2) is 5.46. The number of hydrogen-bond acceptors (Lipinski definition) is 3. The van der Waals surface area contributed by atoms with E-state index >= 15 is 0 Å². The number of nitrogens with zero attached hydrogens (tertiary/aromatic N) is 2. The Hall–Kier alpha value is -0.870. The summed E-state index contributed by atoms with van der Waals surface area (Å²) in [6, 6.07) is 2.53. The van der Waals surface area contributed by atoms with Crippen LogP contribution in [-0.2, 0) is 13.1 Å². The molecule has 1 aromatic heterocycles. The monoisotopic (exact) mass is 223 g/mol. The average Bonchev–Trinajstić information content (AvgIpc) is 2.94. The van der Waals surface area contributed by atoms with Gasteiger partial charge in [-0.3, -0.25) is 4.68 Å². The molecule has 2 unspecified atom stereocenters. The molecule has 0 amide bonds. The van der Waals surface area contributed by atoms with Crippen LogP contribution in [0, 0.1) is 5.92 Å². The fraction of sp³-hybridized carbons (Fsp3) is 0.750. The van der Waals surface area contributed by atoms with Gasteiger partial charge in [0.15, 0.2) is 0 Å². The molecule has 1 saturated carbocycles. The summed E-state index contributed by atoms with van der Waals surface area (Å²) in [6.45, 7) is 4.18. The van der Waals surface area contributed by atoms with Crippen LogP contribution in [0.4, 0.5) is 0 Å². The summed E-state index contributed by atoms with van der Waals surface area (Å²) in [5.74, 6) is 0.443. The van der Waals surface area contributed by atoms with Gasteiger partial charge in [-0.15, -0.1) is 0 Å². The van der Waals surface area contributed by atoms with Crippen molar-refractivity contribution >= 4 is 0 Å². The summed E-state index contributed by atoms with van der Waals surface area (Å²) in [4.78, 5) is 0. The van der Waals surface area contributed by atoms with Gasteiger partial charge in [-0.2, -0.15) is 5.10 Å². The van der Waals surface area contributed by atoms with Gasteiger partial charge in [-0.25, -0.2) is 0 Å². The Morgan fingerprint density at radius 3 is 3.19 bits per heavy atom. The average molecular weight is 223 g/mol. The fourth-order valence-electron chi connectivity index (χ4n) is 2.55. The zero-order valence-corrected chi connectivity index (χ0v) is 9.89. The van der Waals surface area contributed by atoms with E-state index in [0.717, 1.165) is 19.5 Å². The highest BCUT2D eigenvalue weighted by Crippen LogP contribution is 2.25. The topological polar surface area (TPSA) is 50.1 Å². The molecule has 1 aliphatic carbocycles. The van der Waals surface area contributed by atoms with Crippen molar-refractivity contribution in [3.8, 4) is 0 Å². The first-order valence-corrected chi connectivity index (χ1v) is 6.20. The number of aliphatic hydroxyl groups excluding tert-OH is 1. The van der Waals surface area contributed by atoms with Crippen molar-refractivity contribution in [2.45, 2.75) is 45.3 Å². The first kappa shape index (κ1) is 11.6. The van der Waals surface area contributed by atoms with Gasteiger partial charge in [0.2, 0.25) is 0 Å². The molecule has 0 spiro atoms. The SMILES string of the molecule is CCn1nccc1CNC1CCCC1CO. The van der Waals surface area contributed by atoms with Crippen LogP contribution in [0.1, 0.15) is 31.9 Å². The van der Waals surface area contributed by atoms with Crippen LogP contribution in [0.2, 0.25) is 0 Å². The second-order valence-electron chi connectivity index (χ2n) is 4.50. The van der Waals surface area contributed by atoms with Crippen LogP contribution >= 0.6 is 0 Å². The van der Waals surface area contributed by atoms with Crippen LogP contribution < -0.4 is 5.32 Å². The third-order valence-electron chi connectivity index (χ3n) is 3.54. The van der Waals surface area contributed by atoms with E-state index in [9.17, 15) is 5.11 Å². The minimum atomic E-state index is 0.310. The lowest BCUT2D eigenvalue weighted by Crippen LogP contribution is -2.34. The molecule has 1 aliphatic rings. The van der Waals surface area contributed by atoms with Crippen molar-refractivity contribution in [1.29, 1.82) is 0 Å². The van der Waals surface area contributed by atoms with E-state index in [0.29, 0.717) is 18.6 Å². The highest BCUT2D eigenvalue weighted by atomic mass is 16.3. The second-order valence-corrected chi connectivity index (χ2v) is 4.50. The number of aromatic nitrogens is 2. The molecule has 4 heteroatoms. The molecule has 0 bridgehead atoms. The lowest BCUT2D eigenvalue weighted by atomic mass is 10.1. The quantitative estimate of drug-likeness (QED) is 0.787. The number of aryl methyl sites for hydroxylation is 1. The van der Waals surface area contributed by atoms with Crippen molar-refractivity contribution in [3.63, 3.8) is 0 Å². The van der Waals surface area contributed by atoms with Gasteiger partial charge >= 0.3 is 0 Å². The smallest absolute Gasteiger partial charge is 0.0522 e. The lowest BCUT2D eigenvalue weighted by Gasteiger charge is -2.19. The molecule has 0 saturated heterocycles. The van der Waals surface area contributed by atoms with Gasteiger partial charge in [0, 0.05) is 31.9 Å². The highest BCUT2D eigenvalue weighted by molar-refractivity contribution is 5.00. The molecular formula is C12H21N3O. The van der Waals surface area contributed by atoms with Gasteiger partial charge in [0.05, 0.1) is 5.69 Å². The van der Waals surface area contributed by atoms with E-state index in [1.54, 1.807) is 0 Å². The number of rotatable bonds is 5. The Morgan fingerprint density at radius 2 is 2.44 bits per heavy atom. The molecule has 2 atom stereocenters. The number of hydrogen-bond donors (Lipinski definition) is 2. The number of nitrogens with one attached hydrogen (secondary N) is 1. The van der Waals surface area contributed by atoms with Crippen molar-refractivity contribution in [1.82, 2.24) is 15.1 Å². The van der Waals surface area contributed by atoms with E-state index in [1.165, 1.54) is 18.5 Å². The van der Waals surface area contributed by atoms with Gasteiger partial charge < -0.3 is 10.4 Å². The van der Waals surface area contributed by atoms with Crippen LogP contribution in [0.15, 0.2) is 12.3 Å². The normalized spacial score (nSPS) is 25.1. The van der Waals surface area contributed by atoms with E-state index in [2.05, 4.69) is 23.4 Å². The van der Waals surface area contributed by atoms with E-state index in [-0.39, 0.29) is 0 Å². The first-order valence-electron chi connectivity index (χ1n) is 6.20. The summed E-state index contributed by atoms with van der Waals surface area (Å²) in [7, 11) is 0.